The quantitative estimate of drug-likeness (QED) is 0.551. The molecule has 2 aromatic rings. The van der Waals surface area contributed by atoms with Crippen LogP contribution in [0, 0.1) is 24.6 Å². The van der Waals surface area contributed by atoms with Crippen molar-refractivity contribution in [2.45, 2.75) is 89.9 Å². The number of amides is 1. The summed E-state index contributed by atoms with van der Waals surface area (Å²) < 4.78 is 28.2. The third-order valence-corrected chi connectivity index (χ3v) is 8.34. The molecule has 5 nitrogen and oxygen atoms in total. The number of rotatable bonds is 5. The maximum atomic E-state index is 14.4. The minimum atomic E-state index is -0.888. The third kappa shape index (κ3) is 4.90. The number of halogens is 2. The average Bonchev–Trinajstić information content (AvgIpc) is 3.09. The number of aromatic nitrogens is 1. The Hall–Kier alpha value is -2.28. The maximum absolute atomic E-state index is 14.4. The fraction of sp³-hybridized carbons (Fsp3) is 0.630. The van der Waals surface area contributed by atoms with Gasteiger partial charge in [0.15, 0.2) is 0 Å². The highest BCUT2D eigenvalue weighted by Gasteiger charge is 2.48. The number of carbonyl (C=O) groups is 1. The lowest BCUT2D eigenvalue weighted by Crippen LogP contribution is -2.68. The first-order valence-electron chi connectivity index (χ1n) is 12.7. The molecule has 2 aliphatic rings. The lowest BCUT2D eigenvalue weighted by molar-refractivity contribution is -0.122. The standard InChI is InChI=1S/C27H37F2N3O2/c1-16-14-27(30-15-23(16)29,19-8-6-4-5-7-9-19)18(3)31-25(33)13-22-17(2)21-12-20(28)10-11-24(21)32-26(22)34/h10-12,16,18-19,23,30H,4-9,13-15H2,1-3H3,(H,31,33)(H,32,34)/t16?,18-,23?,27?/m0/s1. The summed E-state index contributed by atoms with van der Waals surface area (Å²) >= 11 is 0. The van der Waals surface area contributed by atoms with Gasteiger partial charge >= 0.3 is 0 Å². The molecule has 1 aliphatic heterocycles. The van der Waals surface area contributed by atoms with Crippen molar-refractivity contribution in [3.8, 4) is 0 Å². The number of aromatic amines is 1. The normalized spacial score (nSPS) is 27.3. The first kappa shape index (κ1) is 24.8. The highest BCUT2D eigenvalue weighted by atomic mass is 19.1. The molecule has 1 amide bonds. The number of hydrogen-bond donors (Lipinski definition) is 3. The van der Waals surface area contributed by atoms with Gasteiger partial charge in [-0.15, -0.1) is 0 Å². The monoisotopic (exact) mass is 473 g/mol. The largest absolute Gasteiger partial charge is 0.351 e. The van der Waals surface area contributed by atoms with Gasteiger partial charge in [-0.3, -0.25) is 9.59 Å². The lowest BCUT2D eigenvalue weighted by Gasteiger charge is -2.51. The molecule has 3 unspecified atom stereocenters. The number of alkyl halides is 1. The Balaban J connectivity index is 1.57. The van der Waals surface area contributed by atoms with Crippen LogP contribution in [0.15, 0.2) is 23.0 Å². The predicted octanol–water partition coefficient (Wildman–Crippen LogP) is 4.70. The summed E-state index contributed by atoms with van der Waals surface area (Å²) in [5.41, 5.74) is 0.817. The summed E-state index contributed by atoms with van der Waals surface area (Å²) in [5, 5.41) is 7.29. The van der Waals surface area contributed by atoms with Gasteiger partial charge < -0.3 is 15.6 Å². The van der Waals surface area contributed by atoms with Crippen molar-refractivity contribution in [3.05, 3.63) is 45.5 Å². The summed E-state index contributed by atoms with van der Waals surface area (Å²) in [5.74, 6) is -0.347. The van der Waals surface area contributed by atoms with E-state index in [1.165, 1.54) is 31.0 Å². The molecule has 1 aromatic heterocycles. The van der Waals surface area contributed by atoms with E-state index in [2.05, 4.69) is 15.6 Å². The number of piperidine rings is 1. The highest BCUT2D eigenvalue weighted by molar-refractivity contribution is 5.85. The molecular formula is C27H37F2N3O2. The van der Waals surface area contributed by atoms with E-state index in [1.807, 2.05) is 13.8 Å². The zero-order chi connectivity index (χ0) is 24.5. The molecule has 1 saturated heterocycles. The molecule has 34 heavy (non-hydrogen) atoms. The highest BCUT2D eigenvalue weighted by Crippen LogP contribution is 2.41. The van der Waals surface area contributed by atoms with Crippen LogP contribution >= 0.6 is 0 Å². The Bertz CT molecular complexity index is 1090. The van der Waals surface area contributed by atoms with Gasteiger partial charge in [0.05, 0.1) is 6.42 Å². The van der Waals surface area contributed by atoms with Gasteiger partial charge in [0.2, 0.25) is 5.91 Å². The minimum absolute atomic E-state index is 0.0793. The first-order chi connectivity index (χ1) is 16.2. The van der Waals surface area contributed by atoms with Crippen LogP contribution in [0.1, 0.15) is 69.9 Å². The number of benzene rings is 1. The summed E-state index contributed by atoms with van der Waals surface area (Å²) in [6.07, 6.45) is 6.61. The zero-order valence-electron chi connectivity index (χ0n) is 20.5. The van der Waals surface area contributed by atoms with E-state index in [4.69, 9.17) is 0 Å². The smallest absolute Gasteiger partial charge is 0.252 e. The van der Waals surface area contributed by atoms with Crippen LogP contribution in [0.25, 0.3) is 10.9 Å². The molecule has 7 heteroatoms. The number of nitrogens with one attached hydrogen (secondary N) is 3. The second kappa shape index (κ2) is 10.1. The molecular weight excluding hydrogens is 436 g/mol. The van der Waals surface area contributed by atoms with Gasteiger partial charge in [0.25, 0.3) is 5.56 Å². The predicted molar refractivity (Wildman–Crippen MR) is 131 cm³/mol. The third-order valence-electron chi connectivity index (χ3n) is 8.34. The topological polar surface area (TPSA) is 74.0 Å². The van der Waals surface area contributed by atoms with E-state index in [-0.39, 0.29) is 41.2 Å². The van der Waals surface area contributed by atoms with Crippen LogP contribution in [0.5, 0.6) is 0 Å². The fourth-order valence-electron chi connectivity index (χ4n) is 6.27. The number of pyridine rings is 1. The molecule has 2 heterocycles. The van der Waals surface area contributed by atoms with Crippen LogP contribution < -0.4 is 16.2 Å². The van der Waals surface area contributed by atoms with Crippen molar-refractivity contribution in [1.29, 1.82) is 0 Å². The van der Waals surface area contributed by atoms with E-state index >= 15 is 0 Å². The van der Waals surface area contributed by atoms with Crippen LogP contribution in [-0.4, -0.2) is 35.2 Å². The van der Waals surface area contributed by atoms with Crippen molar-refractivity contribution < 1.29 is 13.6 Å². The molecule has 4 atom stereocenters. The number of fused-ring (bicyclic) bond motifs is 1. The molecule has 186 valence electrons. The van der Waals surface area contributed by atoms with E-state index in [1.54, 1.807) is 6.92 Å². The molecule has 1 aromatic carbocycles. The van der Waals surface area contributed by atoms with Crippen LogP contribution in [0.4, 0.5) is 8.78 Å². The number of hydrogen-bond acceptors (Lipinski definition) is 3. The van der Waals surface area contributed by atoms with Gasteiger partial charge in [-0.05, 0) is 68.7 Å². The second-order valence-corrected chi connectivity index (χ2v) is 10.5. The Morgan fingerprint density at radius 3 is 2.62 bits per heavy atom. The van der Waals surface area contributed by atoms with Crippen molar-refractivity contribution in [2.24, 2.45) is 11.8 Å². The SMILES string of the molecule is Cc1c(CC(=O)N[C@@H](C)C2(C3CCCCCC3)CC(C)C(F)CN2)c(=O)[nH]c2ccc(F)cc12. The van der Waals surface area contributed by atoms with Gasteiger partial charge in [0, 0.05) is 34.6 Å². The Morgan fingerprint density at radius 2 is 1.94 bits per heavy atom. The minimum Gasteiger partial charge on any atom is -0.351 e. The van der Waals surface area contributed by atoms with E-state index < -0.39 is 6.17 Å². The van der Waals surface area contributed by atoms with Crippen molar-refractivity contribution in [1.82, 2.24) is 15.6 Å². The van der Waals surface area contributed by atoms with Gasteiger partial charge in [0.1, 0.15) is 12.0 Å². The number of carbonyl (C=O) groups excluding carboxylic acids is 1. The summed E-state index contributed by atoms with van der Waals surface area (Å²) in [7, 11) is 0. The van der Waals surface area contributed by atoms with Crippen molar-refractivity contribution >= 4 is 16.8 Å². The number of H-pyrrole nitrogens is 1. The molecule has 4 rings (SSSR count). The molecule has 1 aliphatic carbocycles. The summed E-state index contributed by atoms with van der Waals surface area (Å²) in [6, 6.07) is 4.01. The lowest BCUT2D eigenvalue weighted by atomic mass is 9.67. The van der Waals surface area contributed by atoms with Crippen LogP contribution in [0.2, 0.25) is 0 Å². The zero-order valence-corrected chi connectivity index (χ0v) is 20.5. The maximum Gasteiger partial charge on any atom is 0.252 e. The van der Waals surface area contributed by atoms with E-state index in [0.29, 0.717) is 40.9 Å². The van der Waals surface area contributed by atoms with E-state index in [9.17, 15) is 18.4 Å². The Kier molecular flexibility index (Phi) is 7.41. The van der Waals surface area contributed by atoms with Crippen molar-refractivity contribution in [3.63, 3.8) is 0 Å². The molecule has 0 radical (unpaired) electrons. The van der Waals surface area contributed by atoms with Crippen LogP contribution in [0.3, 0.4) is 0 Å². The van der Waals surface area contributed by atoms with Crippen molar-refractivity contribution in [2.75, 3.05) is 6.54 Å². The number of aryl methyl sites for hydroxylation is 1. The second-order valence-electron chi connectivity index (χ2n) is 10.5. The van der Waals surface area contributed by atoms with E-state index in [0.717, 1.165) is 25.7 Å². The summed E-state index contributed by atoms with van der Waals surface area (Å²) in [6.45, 7) is 6.02. The molecule has 1 saturated carbocycles. The Labute approximate surface area is 200 Å². The first-order valence-corrected chi connectivity index (χ1v) is 12.7. The molecule has 2 fully saturated rings. The van der Waals surface area contributed by atoms with Gasteiger partial charge in [-0.25, -0.2) is 8.78 Å². The molecule has 3 N–H and O–H groups in total. The van der Waals surface area contributed by atoms with Crippen LogP contribution in [-0.2, 0) is 11.2 Å². The van der Waals surface area contributed by atoms with Gasteiger partial charge in [-0.1, -0.05) is 32.6 Å². The fourth-order valence-corrected chi connectivity index (χ4v) is 6.27. The summed E-state index contributed by atoms with van der Waals surface area (Å²) in [4.78, 5) is 28.6. The molecule has 0 spiro atoms. The van der Waals surface area contributed by atoms with Gasteiger partial charge in [-0.2, -0.15) is 0 Å². The Morgan fingerprint density at radius 1 is 1.24 bits per heavy atom. The average molecular weight is 474 g/mol. The molecule has 0 bridgehead atoms.